The van der Waals surface area contributed by atoms with E-state index in [1.807, 2.05) is 27.5 Å². The zero-order chi connectivity index (χ0) is 11.7. The van der Waals surface area contributed by atoms with Crippen molar-refractivity contribution >= 4 is 28.6 Å². The van der Waals surface area contributed by atoms with Crippen LogP contribution in [-0.4, -0.2) is 33.9 Å². The maximum absolute atomic E-state index is 11.4. The highest BCUT2D eigenvalue weighted by atomic mass is 131. The van der Waals surface area contributed by atoms with Crippen molar-refractivity contribution in [3.8, 4) is 0 Å². The first-order valence-electron chi connectivity index (χ1n) is 4.64. The second kappa shape index (κ2) is 4.28. The summed E-state index contributed by atoms with van der Waals surface area (Å²) in [5.41, 5.74) is 5.33. The zero-order valence-electron chi connectivity index (χ0n) is 8.29. The Hall–Kier alpha value is -1.32. The van der Waals surface area contributed by atoms with Gasteiger partial charge >= 0.3 is 5.69 Å². The molecular weight excluding hydrogens is 329 g/mol. The largest absolute Gasteiger partial charge is 0.370 e. The van der Waals surface area contributed by atoms with Crippen molar-refractivity contribution in [2.75, 3.05) is 13.1 Å². The minimum Gasteiger partial charge on any atom is -0.370 e. The molecule has 1 aromatic heterocycles. The van der Waals surface area contributed by atoms with E-state index in [1.54, 1.807) is 0 Å². The van der Waals surface area contributed by atoms with E-state index in [0.29, 0.717) is 34.9 Å². The second-order valence-corrected chi connectivity index (χ2v) is 4.44. The van der Waals surface area contributed by atoms with Crippen LogP contribution in [0.5, 0.6) is 0 Å². The van der Waals surface area contributed by atoms with Crippen LogP contribution in [0.2, 0.25) is 0 Å². The molecule has 0 spiro atoms. The van der Waals surface area contributed by atoms with Gasteiger partial charge in [0.2, 0.25) is 0 Å². The minimum absolute atomic E-state index is 0.381. The molecule has 1 aromatic rings. The van der Waals surface area contributed by atoms with Crippen LogP contribution in [0.25, 0.3) is 0 Å². The fourth-order valence-electron chi connectivity index (χ4n) is 1.48. The molecule has 0 bridgehead atoms. The number of hydrogen-bond donors (Lipinski definition) is 3. The molecule has 0 saturated carbocycles. The number of nitrogens with one attached hydrogen (secondary N) is 2. The summed E-state index contributed by atoms with van der Waals surface area (Å²) in [7, 11) is 0. The van der Waals surface area contributed by atoms with Gasteiger partial charge in [-0.1, -0.05) is 0 Å². The van der Waals surface area contributed by atoms with Crippen molar-refractivity contribution in [2.45, 2.75) is 6.54 Å². The summed E-state index contributed by atoms with van der Waals surface area (Å²) in [6.07, 6.45) is 0. The Morgan fingerprint density at radius 2 is 2.19 bits per heavy atom. The van der Waals surface area contributed by atoms with Crippen LogP contribution in [-0.2, 0) is 6.54 Å². The molecule has 0 aromatic carbocycles. The predicted octanol–water partition coefficient (Wildman–Crippen LogP) is -1.20. The molecule has 8 heteroatoms. The van der Waals surface area contributed by atoms with Crippen LogP contribution >= 0.6 is 22.6 Å². The van der Waals surface area contributed by atoms with Gasteiger partial charge in [-0.05, 0) is 22.6 Å². The summed E-state index contributed by atoms with van der Waals surface area (Å²) in [6, 6.07) is 0. The minimum atomic E-state index is -0.505. The number of hydrogen-bond acceptors (Lipinski definition) is 5. The lowest BCUT2D eigenvalue weighted by Gasteiger charge is -2.17. The molecule has 16 heavy (non-hydrogen) atoms. The smallest absolute Gasteiger partial charge is 0.326 e. The van der Waals surface area contributed by atoms with E-state index in [0.717, 1.165) is 0 Å². The standard InChI is InChI=1S/C8H10IN5O2/c9-5-4(12-8(16)13-6(5)15)3-14-2-1-11-7(14)10/h1-3H2,(H2,10,11)(H2,12,13,15,16)/i9+4. The molecule has 7 nitrogen and oxygen atoms in total. The normalized spacial score (nSPS) is 15.3. The highest BCUT2D eigenvalue weighted by Gasteiger charge is 2.16. The van der Waals surface area contributed by atoms with Crippen LogP contribution in [0.1, 0.15) is 5.69 Å². The molecule has 2 heterocycles. The highest BCUT2D eigenvalue weighted by molar-refractivity contribution is 14.1. The summed E-state index contributed by atoms with van der Waals surface area (Å²) in [6.45, 7) is 1.75. The third-order valence-corrected chi connectivity index (χ3v) is 3.41. The summed E-state index contributed by atoms with van der Waals surface area (Å²) in [4.78, 5) is 33.1. The van der Waals surface area contributed by atoms with Gasteiger partial charge in [0.25, 0.3) is 5.56 Å². The Bertz CT molecular complexity index is 546. The Labute approximate surface area is 104 Å². The molecule has 0 aliphatic carbocycles. The van der Waals surface area contributed by atoms with Crippen molar-refractivity contribution < 1.29 is 0 Å². The number of aliphatic imine (C=N–C) groups is 1. The fraction of sp³-hybridized carbons (Fsp3) is 0.375. The maximum Gasteiger partial charge on any atom is 0.326 e. The molecule has 2 rings (SSSR count). The van der Waals surface area contributed by atoms with Crippen molar-refractivity contribution in [3.05, 3.63) is 30.1 Å². The summed E-state index contributed by atoms with van der Waals surface area (Å²) in [5, 5.41) is 0. The fourth-order valence-corrected chi connectivity index (χ4v) is 1.92. The first-order chi connectivity index (χ1) is 7.58. The first kappa shape index (κ1) is 11.2. The molecule has 86 valence electrons. The van der Waals surface area contributed by atoms with E-state index < -0.39 is 5.69 Å². The van der Waals surface area contributed by atoms with Crippen LogP contribution in [0.15, 0.2) is 14.6 Å². The number of nitrogens with zero attached hydrogens (tertiary/aromatic N) is 2. The van der Waals surface area contributed by atoms with Crippen molar-refractivity contribution in [1.82, 2.24) is 14.9 Å². The van der Waals surface area contributed by atoms with E-state index in [2.05, 4.69) is 15.0 Å². The molecule has 4 N–H and O–H groups in total. The van der Waals surface area contributed by atoms with E-state index in [9.17, 15) is 9.59 Å². The molecule has 0 saturated heterocycles. The van der Waals surface area contributed by atoms with Crippen LogP contribution in [0.3, 0.4) is 0 Å². The molecule has 0 unspecified atom stereocenters. The van der Waals surface area contributed by atoms with E-state index in [4.69, 9.17) is 5.73 Å². The molecular formula is C8H10IN5O2. The average Bonchev–Trinajstić information content (AvgIpc) is 2.60. The number of rotatable bonds is 2. The Morgan fingerprint density at radius 3 is 2.81 bits per heavy atom. The zero-order valence-corrected chi connectivity index (χ0v) is 10.4. The maximum atomic E-state index is 11.4. The van der Waals surface area contributed by atoms with Gasteiger partial charge in [0.1, 0.15) is 0 Å². The summed E-state index contributed by atoms with van der Waals surface area (Å²) in [5.74, 6) is 0.442. The Morgan fingerprint density at radius 1 is 1.44 bits per heavy atom. The molecule has 0 radical (unpaired) electrons. The van der Waals surface area contributed by atoms with Crippen LogP contribution in [0.4, 0.5) is 0 Å². The number of aromatic nitrogens is 2. The van der Waals surface area contributed by atoms with Gasteiger partial charge in [0.15, 0.2) is 5.96 Å². The van der Waals surface area contributed by atoms with Gasteiger partial charge in [0, 0.05) is 6.54 Å². The number of nitrogens with two attached hydrogens (primary N) is 1. The number of guanidine groups is 1. The first-order valence-corrected chi connectivity index (χ1v) is 5.71. The highest BCUT2D eigenvalue weighted by Crippen LogP contribution is 2.08. The lowest BCUT2D eigenvalue weighted by atomic mass is 10.3. The van der Waals surface area contributed by atoms with E-state index in [-0.39, 0.29) is 5.56 Å². The number of aromatic amines is 2. The summed E-state index contributed by atoms with van der Waals surface area (Å²) < 4.78 is 0.469. The molecule has 1 aliphatic rings. The number of H-pyrrole nitrogens is 2. The predicted molar refractivity (Wildman–Crippen MR) is 67.3 cm³/mol. The van der Waals surface area contributed by atoms with E-state index in [1.165, 1.54) is 0 Å². The Balaban J connectivity index is 2.31. The van der Waals surface area contributed by atoms with E-state index >= 15 is 0 Å². The third-order valence-electron chi connectivity index (χ3n) is 2.27. The second-order valence-electron chi connectivity index (χ2n) is 3.36. The SMILES string of the molecule is NC1=NCCN1Cc1[nH]c(=O)[nH]c(=O)c1[131I]. The summed E-state index contributed by atoms with van der Waals surface area (Å²) >= 11 is 1.89. The van der Waals surface area contributed by atoms with Crippen LogP contribution < -0.4 is 17.0 Å². The third kappa shape index (κ3) is 2.10. The number of halogens is 1. The molecule has 0 fully saturated rings. The van der Waals surface area contributed by atoms with Gasteiger partial charge in [-0.2, -0.15) is 0 Å². The monoisotopic (exact) mass is 339 g/mol. The quantitative estimate of drug-likeness (QED) is 0.588. The lowest BCUT2D eigenvalue weighted by Crippen LogP contribution is -2.36. The molecule has 1 aliphatic heterocycles. The van der Waals surface area contributed by atoms with Crippen molar-refractivity contribution in [2.24, 2.45) is 10.7 Å². The van der Waals surface area contributed by atoms with Gasteiger partial charge in [-0.15, -0.1) is 0 Å². The van der Waals surface area contributed by atoms with Gasteiger partial charge in [0.05, 0.1) is 22.4 Å². The molecule has 0 amide bonds. The topological polar surface area (TPSA) is 107 Å². The van der Waals surface area contributed by atoms with Gasteiger partial charge in [-0.25, -0.2) is 4.79 Å². The average molecular weight is 339 g/mol. The van der Waals surface area contributed by atoms with Crippen molar-refractivity contribution in [3.63, 3.8) is 0 Å². The molecule has 0 atom stereocenters. The van der Waals surface area contributed by atoms with Crippen molar-refractivity contribution in [1.29, 1.82) is 0 Å². The Kier molecular flexibility index (Phi) is 2.99. The van der Waals surface area contributed by atoms with Gasteiger partial charge in [-0.3, -0.25) is 14.8 Å². The van der Waals surface area contributed by atoms with Gasteiger partial charge < -0.3 is 15.6 Å². The van der Waals surface area contributed by atoms with Crippen LogP contribution in [0, 0.1) is 3.57 Å². The lowest BCUT2D eigenvalue weighted by molar-refractivity contribution is 0.439.